The summed E-state index contributed by atoms with van der Waals surface area (Å²) < 4.78 is 5.56. The number of rotatable bonds is 5. The Bertz CT molecular complexity index is 647. The normalized spacial score (nSPS) is 23.0. The van der Waals surface area contributed by atoms with E-state index in [2.05, 4.69) is 5.32 Å². The summed E-state index contributed by atoms with van der Waals surface area (Å²) in [6.07, 6.45) is 4.66. The van der Waals surface area contributed by atoms with E-state index in [1.807, 2.05) is 0 Å². The van der Waals surface area contributed by atoms with Gasteiger partial charge in [-0.25, -0.2) is 0 Å². The Morgan fingerprint density at radius 2 is 2.08 bits per heavy atom. The first-order valence-electron chi connectivity index (χ1n) is 8.71. The number of hydrogen-bond donors (Lipinski definition) is 1. The molecule has 0 radical (unpaired) electrons. The lowest BCUT2D eigenvalue weighted by atomic mass is 10.1. The zero-order valence-corrected chi connectivity index (χ0v) is 15.5. The highest BCUT2D eigenvalue weighted by Gasteiger charge is 2.35. The topological polar surface area (TPSA) is 58.6 Å². The van der Waals surface area contributed by atoms with Crippen molar-refractivity contribution in [2.45, 2.75) is 44.2 Å². The molecule has 0 spiro atoms. The van der Waals surface area contributed by atoms with Crippen LogP contribution in [0.5, 0.6) is 0 Å². The molecule has 2 aliphatic heterocycles. The number of benzene rings is 1. The number of nitrogens with zero attached hydrogens (tertiary/aromatic N) is 1. The molecule has 0 aliphatic carbocycles. The molecule has 3 rings (SSSR count). The average Bonchev–Trinajstić information content (AvgIpc) is 3.27. The van der Waals surface area contributed by atoms with Crippen molar-refractivity contribution in [3.8, 4) is 0 Å². The fourth-order valence-electron chi connectivity index (χ4n) is 3.44. The number of hydrogen-bond acceptors (Lipinski definition) is 3. The fourth-order valence-corrected chi connectivity index (χ4v) is 3.82. The molecule has 2 amide bonds. The highest BCUT2D eigenvalue weighted by molar-refractivity contribution is 6.35. The first-order chi connectivity index (χ1) is 12.1. The molecule has 2 atom stereocenters. The summed E-state index contributed by atoms with van der Waals surface area (Å²) in [7, 11) is 0. The molecule has 2 unspecified atom stereocenters. The van der Waals surface area contributed by atoms with Crippen molar-refractivity contribution >= 4 is 35.0 Å². The van der Waals surface area contributed by atoms with Crippen LogP contribution in [0.3, 0.4) is 0 Å². The van der Waals surface area contributed by atoms with Crippen LogP contribution >= 0.6 is 23.2 Å². The van der Waals surface area contributed by atoms with Gasteiger partial charge in [0.15, 0.2) is 0 Å². The number of carbonyl (C=O) groups excluding carboxylic acids is 2. The summed E-state index contributed by atoms with van der Waals surface area (Å²) in [5, 5.41) is 3.74. The molecule has 1 aromatic rings. The minimum Gasteiger partial charge on any atom is -0.378 e. The molecule has 2 aliphatic rings. The third kappa shape index (κ3) is 4.46. The molecule has 5 nitrogen and oxygen atoms in total. The van der Waals surface area contributed by atoms with Crippen LogP contribution in [0.1, 0.15) is 42.5 Å². The van der Waals surface area contributed by atoms with Crippen molar-refractivity contribution in [1.82, 2.24) is 10.2 Å². The Morgan fingerprint density at radius 1 is 1.24 bits per heavy atom. The van der Waals surface area contributed by atoms with Gasteiger partial charge in [-0.15, -0.1) is 0 Å². The predicted molar refractivity (Wildman–Crippen MR) is 97.1 cm³/mol. The first kappa shape index (κ1) is 18.5. The second-order valence-electron chi connectivity index (χ2n) is 6.50. The average molecular weight is 385 g/mol. The third-order valence-corrected chi connectivity index (χ3v) is 5.33. The van der Waals surface area contributed by atoms with Gasteiger partial charge in [0, 0.05) is 24.7 Å². The van der Waals surface area contributed by atoms with Gasteiger partial charge in [0.05, 0.1) is 16.7 Å². The number of likely N-dealkylation sites (tertiary alicyclic amines) is 1. The van der Waals surface area contributed by atoms with Gasteiger partial charge < -0.3 is 15.0 Å². The molecule has 1 aromatic carbocycles. The highest BCUT2D eigenvalue weighted by Crippen LogP contribution is 2.26. The predicted octanol–water partition coefficient (Wildman–Crippen LogP) is 3.28. The van der Waals surface area contributed by atoms with Crippen LogP contribution in [0, 0.1) is 0 Å². The summed E-state index contributed by atoms with van der Waals surface area (Å²) in [4.78, 5) is 26.9. The molecule has 0 aromatic heterocycles. The van der Waals surface area contributed by atoms with Crippen LogP contribution in [0.4, 0.5) is 0 Å². The van der Waals surface area contributed by atoms with E-state index in [-0.39, 0.29) is 17.9 Å². The summed E-state index contributed by atoms with van der Waals surface area (Å²) in [5.74, 6) is -0.355. The molecular weight excluding hydrogens is 363 g/mol. The molecular formula is C18H22Cl2N2O3. The Kier molecular flexibility index (Phi) is 6.20. The van der Waals surface area contributed by atoms with E-state index in [9.17, 15) is 9.59 Å². The zero-order chi connectivity index (χ0) is 17.8. The van der Waals surface area contributed by atoms with Crippen molar-refractivity contribution in [2.24, 2.45) is 0 Å². The Labute approximate surface area is 157 Å². The number of amides is 2. The van der Waals surface area contributed by atoms with E-state index >= 15 is 0 Å². The summed E-state index contributed by atoms with van der Waals surface area (Å²) in [5.41, 5.74) is 0.341. The lowest BCUT2D eigenvalue weighted by Gasteiger charge is -2.24. The standard InChI is InChI=1S/C18H22Cl2N2O3/c19-12-5-6-15(20)14(11-12)18(24)22-9-1-4-16(22)17(23)21-8-7-13-3-2-10-25-13/h5-6,11,13,16H,1-4,7-10H2,(H,21,23). The maximum Gasteiger partial charge on any atom is 0.256 e. The van der Waals surface area contributed by atoms with Crippen LogP contribution in [0.25, 0.3) is 0 Å². The van der Waals surface area contributed by atoms with Crippen molar-refractivity contribution in [3.05, 3.63) is 33.8 Å². The largest absolute Gasteiger partial charge is 0.378 e. The quantitative estimate of drug-likeness (QED) is 0.846. The summed E-state index contributed by atoms with van der Waals surface area (Å²) in [6.45, 7) is 1.93. The van der Waals surface area contributed by atoms with Crippen molar-refractivity contribution in [3.63, 3.8) is 0 Å². The Morgan fingerprint density at radius 3 is 2.84 bits per heavy atom. The molecule has 2 heterocycles. The summed E-state index contributed by atoms with van der Waals surface area (Å²) >= 11 is 12.1. The maximum atomic E-state index is 12.8. The smallest absolute Gasteiger partial charge is 0.256 e. The fraction of sp³-hybridized carbons (Fsp3) is 0.556. The number of nitrogens with one attached hydrogen (secondary N) is 1. The minimum absolute atomic E-state index is 0.109. The molecule has 25 heavy (non-hydrogen) atoms. The van der Waals surface area contributed by atoms with Gasteiger partial charge in [-0.05, 0) is 50.3 Å². The monoisotopic (exact) mass is 384 g/mol. The van der Waals surface area contributed by atoms with Gasteiger partial charge in [-0.3, -0.25) is 9.59 Å². The number of carbonyl (C=O) groups is 2. The zero-order valence-electron chi connectivity index (χ0n) is 14.0. The number of halogens is 2. The van der Waals surface area contributed by atoms with E-state index in [1.54, 1.807) is 23.1 Å². The lowest BCUT2D eigenvalue weighted by molar-refractivity contribution is -0.124. The van der Waals surface area contributed by atoms with Gasteiger partial charge in [0.25, 0.3) is 5.91 Å². The van der Waals surface area contributed by atoms with Crippen molar-refractivity contribution in [1.29, 1.82) is 0 Å². The van der Waals surface area contributed by atoms with Crippen molar-refractivity contribution in [2.75, 3.05) is 19.7 Å². The summed E-state index contributed by atoms with van der Waals surface area (Å²) in [6, 6.07) is 4.34. The Balaban J connectivity index is 1.60. The molecule has 0 saturated carbocycles. The lowest BCUT2D eigenvalue weighted by Crippen LogP contribution is -2.46. The van der Waals surface area contributed by atoms with Crippen LogP contribution in [-0.2, 0) is 9.53 Å². The van der Waals surface area contributed by atoms with Gasteiger partial charge in [-0.1, -0.05) is 23.2 Å². The van der Waals surface area contributed by atoms with E-state index in [0.29, 0.717) is 35.1 Å². The van der Waals surface area contributed by atoms with Crippen LogP contribution in [-0.4, -0.2) is 48.6 Å². The van der Waals surface area contributed by atoms with E-state index < -0.39 is 6.04 Å². The molecule has 2 saturated heterocycles. The third-order valence-electron chi connectivity index (χ3n) is 4.76. The minimum atomic E-state index is -0.452. The second-order valence-corrected chi connectivity index (χ2v) is 7.34. The SMILES string of the molecule is O=C(NCCC1CCCO1)C1CCCN1C(=O)c1cc(Cl)ccc1Cl. The highest BCUT2D eigenvalue weighted by atomic mass is 35.5. The molecule has 2 fully saturated rings. The molecule has 1 N–H and O–H groups in total. The van der Waals surface area contributed by atoms with Crippen molar-refractivity contribution < 1.29 is 14.3 Å². The number of ether oxygens (including phenoxy) is 1. The van der Waals surface area contributed by atoms with E-state index in [1.165, 1.54) is 0 Å². The molecule has 0 bridgehead atoms. The van der Waals surface area contributed by atoms with E-state index in [0.717, 1.165) is 32.3 Å². The van der Waals surface area contributed by atoms with Crippen LogP contribution in [0.15, 0.2) is 18.2 Å². The maximum absolute atomic E-state index is 12.8. The van der Waals surface area contributed by atoms with Gasteiger partial charge in [-0.2, -0.15) is 0 Å². The van der Waals surface area contributed by atoms with Gasteiger partial charge in [0.2, 0.25) is 5.91 Å². The second kappa shape index (κ2) is 8.39. The van der Waals surface area contributed by atoms with Gasteiger partial charge in [0.1, 0.15) is 6.04 Å². The van der Waals surface area contributed by atoms with Gasteiger partial charge >= 0.3 is 0 Å². The van der Waals surface area contributed by atoms with Crippen LogP contribution < -0.4 is 5.32 Å². The molecule has 7 heteroatoms. The molecule has 136 valence electrons. The first-order valence-corrected chi connectivity index (χ1v) is 9.47. The van der Waals surface area contributed by atoms with Crippen LogP contribution in [0.2, 0.25) is 10.0 Å². The Hall–Kier alpha value is -1.30. The van der Waals surface area contributed by atoms with E-state index in [4.69, 9.17) is 27.9 Å².